The van der Waals surface area contributed by atoms with E-state index in [0.29, 0.717) is 0 Å². The number of aromatic nitrogens is 1. The Morgan fingerprint density at radius 1 is 1.73 bits per heavy atom. The maximum Gasteiger partial charge on any atom is 0.0952 e. The van der Waals surface area contributed by atoms with Crippen molar-refractivity contribution in [1.29, 1.82) is 0 Å². The number of nitrogens with zero attached hydrogens (tertiary/aromatic N) is 1. The average molecular weight is 260 g/mol. The lowest BCUT2D eigenvalue weighted by atomic mass is 10.1. The van der Waals surface area contributed by atoms with Crippen molar-refractivity contribution in [2.75, 3.05) is 0 Å². The highest BCUT2D eigenvalue weighted by molar-refractivity contribution is 14.1. The van der Waals surface area contributed by atoms with E-state index in [4.69, 9.17) is 0 Å². The Morgan fingerprint density at radius 2 is 2.55 bits per heavy atom. The predicted octanol–water partition coefficient (Wildman–Crippen LogP) is 1.79. The van der Waals surface area contributed by atoms with Crippen molar-refractivity contribution in [3.05, 3.63) is 29.6 Å². The van der Waals surface area contributed by atoms with Crippen LogP contribution < -0.4 is 5.32 Å². The molecule has 1 unspecified atom stereocenters. The van der Waals surface area contributed by atoms with Crippen LogP contribution in [0.2, 0.25) is 0 Å². The molecule has 1 N–H and O–H groups in total. The van der Waals surface area contributed by atoms with Crippen LogP contribution >= 0.6 is 22.6 Å². The summed E-state index contributed by atoms with van der Waals surface area (Å²) in [4.78, 5) is 4.29. The first-order chi connectivity index (χ1) is 5.20. The van der Waals surface area contributed by atoms with Gasteiger partial charge < -0.3 is 0 Å². The van der Waals surface area contributed by atoms with Gasteiger partial charge in [-0.2, -0.15) is 0 Å². The van der Waals surface area contributed by atoms with Crippen LogP contribution in [0, 0.1) is 0 Å². The summed E-state index contributed by atoms with van der Waals surface area (Å²) in [6, 6.07) is 4.12. The van der Waals surface area contributed by atoms with Crippen LogP contribution in [0.15, 0.2) is 18.3 Å². The first-order valence-electron chi connectivity index (χ1n) is 3.58. The highest BCUT2D eigenvalue weighted by Crippen LogP contribution is 2.34. The Morgan fingerprint density at radius 3 is 3.27 bits per heavy atom. The Bertz CT molecular complexity index is 283. The van der Waals surface area contributed by atoms with E-state index in [0.717, 1.165) is 6.54 Å². The molecule has 2 nitrogen and oxygen atoms in total. The number of alkyl halides is 1. The summed E-state index contributed by atoms with van der Waals surface area (Å²) in [5, 5.41) is 3.39. The Balaban J connectivity index is 2.56. The molecule has 2 rings (SSSR count). The second-order valence-electron chi connectivity index (χ2n) is 2.85. The zero-order valence-electron chi connectivity index (χ0n) is 6.26. The molecule has 1 aliphatic heterocycles. The average Bonchev–Trinajstić information content (AvgIpc) is 2.29. The Kier molecular flexibility index (Phi) is 1.64. The van der Waals surface area contributed by atoms with Gasteiger partial charge in [0.05, 0.1) is 9.24 Å². The maximum absolute atomic E-state index is 4.29. The molecule has 0 bridgehead atoms. The van der Waals surface area contributed by atoms with E-state index in [2.05, 4.69) is 45.9 Å². The zero-order valence-corrected chi connectivity index (χ0v) is 8.42. The van der Waals surface area contributed by atoms with E-state index in [1.165, 1.54) is 11.3 Å². The van der Waals surface area contributed by atoms with E-state index >= 15 is 0 Å². The van der Waals surface area contributed by atoms with Crippen molar-refractivity contribution in [2.24, 2.45) is 0 Å². The van der Waals surface area contributed by atoms with Gasteiger partial charge in [-0.1, -0.05) is 28.7 Å². The van der Waals surface area contributed by atoms with Crippen molar-refractivity contribution in [2.45, 2.75) is 17.0 Å². The monoisotopic (exact) mass is 260 g/mol. The lowest BCUT2D eigenvalue weighted by molar-refractivity contribution is 0.605. The third-order valence-electron chi connectivity index (χ3n) is 1.98. The van der Waals surface area contributed by atoms with E-state index in [1.807, 2.05) is 12.3 Å². The van der Waals surface area contributed by atoms with Crippen molar-refractivity contribution in [3.8, 4) is 0 Å². The topological polar surface area (TPSA) is 24.9 Å². The molecule has 1 aromatic rings. The molecule has 1 aromatic heterocycles. The lowest BCUT2D eigenvalue weighted by Gasteiger charge is -2.16. The Hall–Kier alpha value is -0.160. The largest absolute Gasteiger partial charge is 0.294 e. The maximum atomic E-state index is 4.29. The molecule has 1 atom stereocenters. The second-order valence-corrected chi connectivity index (χ2v) is 5.01. The fourth-order valence-corrected chi connectivity index (χ4v) is 2.03. The van der Waals surface area contributed by atoms with Gasteiger partial charge in [0, 0.05) is 18.3 Å². The minimum absolute atomic E-state index is 0.0847. The van der Waals surface area contributed by atoms with Crippen LogP contribution in [0.1, 0.15) is 18.2 Å². The van der Waals surface area contributed by atoms with Gasteiger partial charge in [0.2, 0.25) is 0 Å². The molecule has 3 heteroatoms. The van der Waals surface area contributed by atoms with Gasteiger partial charge in [0.1, 0.15) is 0 Å². The van der Waals surface area contributed by atoms with Crippen molar-refractivity contribution in [3.63, 3.8) is 0 Å². The number of nitrogens with one attached hydrogen (secondary N) is 1. The minimum Gasteiger partial charge on any atom is -0.294 e. The number of rotatable bonds is 0. The molecule has 2 heterocycles. The fourth-order valence-electron chi connectivity index (χ4n) is 1.35. The second kappa shape index (κ2) is 2.42. The Labute approximate surface area is 79.6 Å². The highest BCUT2D eigenvalue weighted by Gasteiger charge is 2.30. The van der Waals surface area contributed by atoms with Crippen molar-refractivity contribution in [1.82, 2.24) is 10.3 Å². The van der Waals surface area contributed by atoms with Crippen LogP contribution in [-0.4, -0.2) is 4.98 Å². The molecule has 1 aliphatic rings. The third-order valence-corrected chi connectivity index (χ3v) is 2.95. The van der Waals surface area contributed by atoms with Gasteiger partial charge in [-0.05, 0) is 13.0 Å². The summed E-state index contributed by atoms with van der Waals surface area (Å²) in [6.45, 7) is 3.07. The van der Waals surface area contributed by atoms with Gasteiger partial charge in [0.25, 0.3) is 0 Å². The SMILES string of the molecule is CC1(I)NCc2ncccc21. The molecule has 0 aliphatic carbocycles. The summed E-state index contributed by atoms with van der Waals surface area (Å²) in [7, 11) is 0. The first-order valence-corrected chi connectivity index (χ1v) is 4.66. The van der Waals surface area contributed by atoms with Crippen molar-refractivity contribution < 1.29 is 0 Å². The number of pyridine rings is 1. The van der Waals surface area contributed by atoms with E-state index in [9.17, 15) is 0 Å². The van der Waals surface area contributed by atoms with Crippen LogP contribution in [0.25, 0.3) is 0 Å². The molecule has 0 radical (unpaired) electrons. The van der Waals surface area contributed by atoms with Crippen LogP contribution in [0.5, 0.6) is 0 Å². The van der Waals surface area contributed by atoms with Gasteiger partial charge in [-0.3, -0.25) is 10.3 Å². The molecular formula is C8H9IN2. The highest BCUT2D eigenvalue weighted by atomic mass is 127. The molecule has 0 fully saturated rings. The lowest BCUT2D eigenvalue weighted by Crippen LogP contribution is -2.24. The number of hydrogen-bond donors (Lipinski definition) is 1. The number of fused-ring (bicyclic) bond motifs is 1. The summed E-state index contributed by atoms with van der Waals surface area (Å²) < 4.78 is 0.0847. The molecule has 58 valence electrons. The molecular weight excluding hydrogens is 251 g/mol. The van der Waals surface area contributed by atoms with Crippen molar-refractivity contribution >= 4 is 22.6 Å². The van der Waals surface area contributed by atoms with Gasteiger partial charge in [-0.15, -0.1) is 0 Å². The first kappa shape index (κ1) is 7.49. The smallest absolute Gasteiger partial charge is 0.0952 e. The van der Waals surface area contributed by atoms with Gasteiger partial charge in [0.15, 0.2) is 0 Å². The van der Waals surface area contributed by atoms with E-state index < -0.39 is 0 Å². The quantitative estimate of drug-likeness (QED) is 0.437. The van der Waals surface area contributed by atoms with Crippen LogP contribution in [0.3, 0.4) is 0 Å². The molecule has 11 heavy (non-hydrogen) atoms. The summed E-state index contributed by atoms with van der Waals surface area (Å²) in [5.74, 6) is 0. The van der Waals surface area contributed by atoms with E-state index in [-0.39, 0.29) is 3.55 Å². The normalized spacial score (nSPS) is 28.5. The minimum atomic E-state index is 0.0847. The fraction of sp³-hybridized carbons (Fsp3) is 0.375. The molecule has 0 spiro atoms. The van der Waals surface area contributed by atoms with Gasteiger partial charge >= 0.3 is 0 Å². The molecule has 0 saturated heterocycles. The van der Waals surface area contributed by atoms with Crippen LogP contribution in [0.4, 0.5) is 0 Å². The number of hydrogen-bond acceptors (Lipinski definition) is 2. The standard InChI is InChI=1S/C8H9IN2/c1-8(9)6-3-2-4-10-7(6)5-11-8/h2-4,11H,5H2,1H3. The summed E-state index contributed by atoms with van der Waals surface area (Å²) in [6.07, 6.45) is 1.85. The van der Waals surface area contributed by atoms with E-state index in [1.54, 1.807) is 0 Å². The molecule has 0 aromatic carbocycles. The summed E-state index contributed by atoms with van der Waals surface area (Å²) >= 11 is 2.41. The molecule has 0 amide bonds. The third kappa shape index (κ3) is 1.16. The zero-order chi connectivity index (χ0) is 7.90. The van der Waals surface area contributed by atoms with Crippen LogP contribution in [-0.2, 0) is 10.1 Å². The summed E-state index contributed by atoms with van der Waals surface area (Å²) in [5.41, 5.74) is 2.50. The van der Waals surface area contributed by atoms with Gasteiger partial charge in [-0.25, -0.2) is 0 Å². The number of halogens is 1. The predicted molar refractivity (Wildman–Crippen MR) is 52.4 cm³/mol. The molecule has 0 saturated carbocycles.